The fourth-order valence-electron chi connectivity index (χ4n) is 2.98. The first-order chi connectivity index (χ1) is 13.2. The van der Waals surface area contributed by atoms with E-state index in [0.29, 0.717) is 19.8 Å². The Morgan fingerprint density at radius 3 is 2.50 bits per heavy atom. The molecule has 0 amide bonds. The highest BCUT2D eigenvalue weighted by molar-refractivity contribution is 14.0. The molecule has 8 nitrogen and oxygen atoms in total. The minimum absolute atomic E-state index is 0. The minimum atomic E-state index is 0. The maximum Gasteiger partial charge on any atom is 0.193 e. The van der Waals surface area contributed by atoms with Gasteiger partial charge in [-0.3, -0.25) is 9.89 Å². The number of unbranched alkanes of at least 4 members (excludes halogenated alkanes) is 1. The minimum Gasteiger partial charge on any atom is -0.379 e. The fourth-order valence-corrected chi connectivity index (χ4v) is 2.98. The van der Waals surface area contributed by atoms with E-state index in [1.165, 1.54) is 0 Å². The zero-order valence-electron chi connectivity index (χ0n) is 17.5. The predicted octanol–water partition coefficient (Wildman–Crippen LogP) is 2.13. The molecule has 0 saturated carbocycles. The summed E-state index contributed by atoms with van der Waals surface area (Å²) in [5.41, 5.74) is 0.999. The van der Waals surface area contributed by atoms with E-state index < -0.39 is 0 Å². The summed E-state index contributed by atoms with van der Waals surface area (Å²) in [6, 6.07) is 2.00. The number of aliphatic imine (C=N–C) groups is 1. The monoisotopic (exact) mass is 509 g/mol. The van der Waals surface area contributed by atoms with Crippen LogP contribution >= 0.6 is 24.0 Å². The van der Waals surface area contributed by atoms with Gasteiger partial charge < -0.3 is 24.2 Å². The number of hydrogen-bond acceptors (Lipinski definition) is 6. The lowest BCUT2D eigenvalue weighted by Gasteiger charge is -2.36. The molecular formula is C19H36IN5O3. The van der Waals surface area contributed by atoms with Crippen molar-refractivity contribution >= 4 is 29.9 Å². The summed E-state index contributed by atoms with van der Waals surface area (Å²) in [5.74, 6) is 1.80. The summed E-state index contributed by atoms with van der Waals surface area (Å²) in [7, 11) is 1.83. The Hall–Kier alpha value is -0.910. The van der Waals surface area contributed by atoms with E-state index in [2.05, 4.69) is 32.2 Å². The van der Waals surface area contributed by atoms with Gasteiger partial charge in [0.15, 0.2) is 5.96 Å². The maximum absolute atomic E-state index is 5.60. The molecule has 0 unspecified atom stereocenters. The van der Waals surface area contributed by atoms with Crippen LogP contribution in [0, 0.1) is 6.92 Å². The summed E-state index contributed by atoms with van der Waals surface area (Å²) in [6.45, 7) is 12.3. The lowest BCUT2D eigenvalue weighted by Crippen LogP contribution is -2.52. The van der Waals surface area contributed by atoms with Crippen LogP contribution in [0.4, 0.5) is 0 Å². The van der Waals surface area contributed by atoms with E-state index in [4.69, 9.17) is 14.0 Å². The largest absolute Gasteiger partial charge is 0.379 e. The molecule has 0 bridgehead atoms. The Bertz CT molecular complexity index is 547. The molecule has 1 fully saturated rings. The van der Waals surface area contributed by atoms with Crippen molar-refractivity contribution in [2.75, 3.05) is 66.2 Å². The topological polar surface area (TPSA) is 75.4 Å². The Morgan fingerprint density at radius 2 is 1.89 bits per heavy atom. The van der Waals surface area contributed by atoms with Crippen molar-refractivity contribution in [2.45, 2.75) is 33.2 Å². The van der Waals surface area contributed by atoms with E-state index in [1.54, 1.807) is 0 Å². The molecule has 0 aliphatic carbocycles. The molecule has 1 aliphatic heterocycles. The summed E-state index contributed by atoms with van der Waals surface area (Å²) < 4.78 is 16.2. The highest BCUT2D eigenvalue weighted by Crippen LogP contribution is 2.09. The molecule has 0 aromatic carbocycles. The van der Waals surface area contributed by atoms with Gasteiger partial charge in [-0.15, -0.1) is 24.0 Å². The van der Waals surface area contributed by atoms with Crippen LogP contribution in [0.5, 0.6) is 0 Å². The predicted molar refractivity (Wildman–Crippen MR) is 121 cm³/mol. The Labute approximate surface area is 186 Å². The second kappa shape index (κ2) is 15.0. The summed E-state index contributed by atoms with van der Waals surface area (Å²) in [6.07, 6.45) is 2.28. The van der Waals surface area contributed by atoms with Crippen molar-refractivity contribution < 1.29 is 14.0 Å². The van der Waals surface area contributed by atoms with Gasteiger partial charge in [0.25, 0.3) is 0 Å². The van der Waals surface area contributed by atoms with Crippen LogP contribution in [0.25, 0.3) is 0 Å². The lowest BCUT2D eigenvalue weighted by atomic mass is 10.3. The molecule has 0 radical (unpaired) electrons. The molecule has 0 atom stereocenters. The van der Waals surface area contributed by atoms with Crippen molar-refractivity contribution in [3.8, 4) is 0 Å². The molecule has 1 saturated heterocycles. The average Bonchev–Trinajstić information content (AvgIpc) is 3.09. The standard InChI is InChI=1S/C19H35N5O3.HI/c1-4-5-11-25-13-14-26-12-6-21-19(20-3)24-9-7-23(8-10-24)16-18-15-17(2)27-22-18;/h15H,4-14,16H2,1-3H3,(H,20,21);1H. The SMILES string of the molecule is CCCCOCCOCCNC(=NC)N1CCN(Cc2cc(C)on2)CC1.I. The number of guanidine groups is 1. The second-order valence-corrected chi connectivity index (χ2v) is 6.74. The van der Waals surface area contributed by atoms with Crippen LogP contribution in [0.3, 0.4) is 0 Å². The lowest BCUT2D eigenvalue weighted by molar-refractivity contribution is 0.0485. The zero-order valence-corrected chi connectivity index (χ0v) is 19.8. The molecule has 1 aromatic rings. The van der Waals surface area contributed by atoms with Gasteiger partial charge in [0.2, 0.25) is 0 Å². The van der Waals surface area contributed by atoms with Crippen molar-refractivity contribution in [1.29, 1.82) is 0 Å². The number of aromatic nitrogens is 1. The van der Waals surface area contributed by atoms with Crippen molar-refractivity contribution in [3.05, 3.63) is 17.5 Å². The van der Waals surface area contributed by atoms with Crippen LogP contribution < -0.4 is 5.32 Å². The van der Waals surface area contributed by atoms with Crippen LogP contribution in [0.15, 0.2) is 15.6 Å². The first-order valence-corrected chi connectivity index (χ1v) is 9.98. The third-order valence-electron chi connectivity index (χ3n) is 4.49. The van der Waals surface area contributed by atoms with Gasteiger partial charge in [-0.05, 0) is 13.3 Å². The first kappa shape index (κ1) is 25.1. The normalized spacial score (nSPS) is 15.5. The molecule has 0 spiro atoms. The Morgan fingerprint density at radius 1 is 1.18 bits per heavy atom. The molecule has 1 N–H and O–H groups in total. The zero-order chi connectivity index (χ0) is 19.3. The number of aryl methyl sites for hydroxylation is 1. The number of ether oxygens (including phenoxy) is 2. The van der Waals surface area contributed by atoms with Gasteiger partial charge in [0.05, 0.1) is 25.5 Å². The number of hydrogen-bond donors (Lipinski definition) is 1. The van der Waals surface area contributed by atoms with Crippen LogP contribution in [-0.2, 0) is 16.0 Å². The van der Waals surface area contributed by atoms with E-state index in [-0.39, 0.29) is 24.0 Å². The number of nitrogens with one attached hydrogen (secondary N) is 1. The summed E-state index contributed by atoms with van der Waals surface area (Å²) in [4.78, 5) is 9.08. The Balaban J connectivity index is 0.00000392. The average molecular weight is 509 g/mol. The highest BCUT2D eigenvalue weighted by Gasteiger charge is 2.20. The molecular weight excluding hydrogens is 473 g/mol. The molecule has 9 heteroatoms. The fraction of sp³-hybridized carbons (Fsp3) is 0.789. The number of rotatable bonds is 11. The third-order valence-corrected chi connectivity index (χ3v) is 4.49. The van der Waals surface area contributed by atoms with Gasteiger partial charge in [-0.1, -0.05) is 18.5 Å². The summed E-state index contributed by atoms with van der Waals surface area (Å²) >= 11 is 0. The van der Waals surface area contributed by atoms with Crippen LogP contribution in [0.2, 0.25) is 0 Å². The second-order valence-electron chi connectivity index (χ2n) is 6.74. The van der Waals surface area contributed by atoms with Crippen LogP contribution in [0.1, 0.15) is 31.2 Å². The quantitative estimate of drug-likeness (QED) is 0.212. The van der Waals surface area contributed by atoms with Crippen molar-refractivity contribution in [3.63, 3.8) is 0 Å². The molecule has 1 aromatic heterocycles. The highest BCUT2D eigenvalue weighted by atomic mass is 127. The number of piperazine rings is 1. The smallest absolute Gasteiger partial charge is 0.193 e. The number of nitrogens with zero attached hydrogens (tertiary/aromatic N) is 4. The molecule has 2 rings (SSSR count). The van der Waals surface area contributed by atoms with Crippen LogP contribution in [-0.4, -0.2) is 87.1 Å². The third kappa shape index (κ3) is 9.53. The van der Waals surface area contributed by atoms with Gasteiger partial charge in [-0.25, -0.2) is 0 Å². The van der Waals surface area contributed by atoms with Gasteiger partial charge in [-0.2, -0.15) is 0 Å². The van der Waals surface area contributed by atoms with E-state index in [0.717, 1.165) is 76.1 Å². The molecule has 2 heterocycles. The number of halogens is 1. The van der Waals surface area contributed by atoms with Gasteiger partial charge in [0.1, 0.15) is 5.76 Å². The van der Waals surface area contributed by atoms with Crippen molar-refractivity contribution in [1.82, 2.24) is 20.3 Å². The van der Waals surface area contributed by atoms with Crippen molar-refractivity contribution in [2.24, 2.45) is 4.99 Å². The summed E-state index contributed by atoms with van der Waals surface area (Å²) in [5, 5.41) is 7.46. The molecule has 28 heavy (non-hydrogen) atoms. The Kier molecular flexibility index (Phi) is 13.5. The van der Waals surface area contributed by atoms with Gasteiger partial charge in [0, 0.05) is 59.0 Å². The molecule has 1 aliphatic rings. The van der Waals surface area contributed by atoms with E-state index in [9.17, 15) is 0 Å². The maximum atomic E-state index is 5.60. The molecule has 162 valence electrons. The van der Waals surface area contributed by atoms with Gasteiger partial charge >= 0.3 is 0 Å². The first-order valence-electron chi connectivity index (χ1n) is 9.98. The van der Waals surface area contributed by atoms with E-state index in [1.807, 2.05) is 20.0 Å². The van der Waals surface area contributed by atoms with E-state index >= 15 is 0 Å².